The first-order valence-corrected chi connectivity index (χ1v) is 4.13. The first kappa shape index (κ1) is 8.68. The van der Waals surface area contributed by atoms with E-state index in [1.165, 1.54) is 0 Å². The van der Waals surface area contributed by atoms with Gasteiger partial charge in [0.15, 0.2) is 0 Å². The van der Waals surface area contributed by atoms with E-state index < -0.39 is 0 Å². The highest BCUT2D eigenvalue weighted by molar-refractivity contribution is 5.77. The summed E-state index contributed by atoms with van der Waals surface area (Å²) in [6, 6.07) is 0.531. The number of rotatable bonds is 2. The van der Waals surface area contributed by atoms with Crippen LogP contribution in [-0.2, 0) is 4.79 Å². The van der Waals surface area contributed by atoms with Gasteiger partial charge < -0.3 is 5.32 Å². The Bertz CT molecular complexity index is 147. The summed E-state index contributed by atoms with van der Waals surface area (Å²) in [5.74, 6) is 0.263. The van der Waals surface area contributed by atoms with Crippen molar-refractivity contribution >= 4 is 5.78 Å². The van der Waals surface area contributed by atoms with E-state index in [1.807, 2.05) is 0 Å². The van der Waals surface area contributed by atoms with Gasteiger partial charge in [0.05, 0.1) is 6.54 Å². The maximum atomic E-state index is 10.8. The molecule has 3 nitrogen and oxygen atoms in total. The predicted octanol–water partition coefficient (Wildman–Crippen LogP) is -0.131. The van der Waals surface area contributed by atoms with Crippen molar-refractivity contribution in [3.05, 3.63) is 0 Å². The molecule has 64 valence electrons. The molecule has 1 aliphatic rings. The molecule has 0 saturated carbocycles. The largest absolute Gasteiger partial charge is 0.312 e. The van der Waals surface area contributed by atoms with E-state index in [0.717, 1.165) is 19.6 Å². The van der Waals surface area contributed by atoms with Crippen LogP contribution in [0.25, 0.3) is 0 Å². The summed E-state index contributed by atoms with van der Waals surface area (Å²) in [5.41, 5.74) is 0. The number of carbonyl (C=O) groups is 1. The summed E-state index contributed by atoms with van der Waals surface area (Å²) in [5, 5.41) is 3.33. The molecule has 1 unspecified atom stereocenters. The van der Waals surface area contributed by atoms with Crippen LogP contribution in [0, 0.1) is 0 Å². The number of hydrogen-bond donors (Lipinski definition) is 1. The van der Waals surface area contributed by atoms with Gasteiger partial charge in [-0.15, -0.1) is 0 Å². The zero-order valence-electron chi connectivity index (χ0n) is 7.26. The molecule has 0 amide bonds. The molecule has 1 atom stereocenters. The van der Waals surface area contributed by atoms with Crippen LogP contribution in [-0.4, -0.2) is 42.9 Å². The lowest BCUT2D eigenvalue weighted by Gasteiger charge is -2.30. The van der Waals surface area contributed by atoms with Gasteiger partial charge in [-0.25, -0.2) is 0 Å². The van der Waals surface area contributed by atoms with Crippen molar-refractivity contribution in [2.75, 3.05) is 26.2 Å². The molecular formula is C8H16N2O. The Morgan fingerprint density at radius 1 is 1.73 bits per heavy atom. The van der Waals surface area contributed by atoms with Crippen LogP contribution in [0.4, 0.5) is 0 Å². The van der Waals surface area contributed by atoms with Gasteiger partial charge >= 0.3 is 0 Å². The molecule has 3 heteroatoms. The van der Waals surface area contributed by atoms with Crippen LogP contribution in [0.1, 0.15) is 13.8 Å². The van der Waals surface area contributed by atoms with Crippen LogP contribution in [0.15, 0.2) is 0 Å². The Hall–Kier alpha value is -0.410. The van der Waals surface area contributed by atoms with Crippen molar-refractivity contribution < 1.29 is 4.79 Å². The van der Waals surface area contributed by atoms with Crippen molar-refractivity contribution in [2.45, 2.75) is 19.9 Å². The van der Waals surface area contributed by atoms with Crippen LogP contribution in [0.3, 0.4) is 0 Å². The number of nitrogens with zero attached hydrogens (tertiary/aromatic N) is 1. The summed E-state index contributed by atoms with van der Waals surface area (Å²) in [7, 11) is 0. The minimum atomic E-state index is 0.263. The van der Waals surface area contributed by atoms with E-state index in [1.54, 1.807) is 6.92 Å². The number of ketones is 1. The molecule has 1 aliphatic heterocycles. The first-order chi connectivity index (χ1) is 5.18. The average molecular weight is 156 g/mol. The molecule has 0 bridgehead atoms. The first-order valence-electron chi connectivity index (χ1n) is 4.13. The standard InChI is InChI=1S/C8H16N2O/c1-7-5-10(4-3-9-7)6-8(2)11/h7,9H,3-6H2,1-2H3. The fourth-order valence-electron chi connectivity index (χ4n) is 1.47. The number of piperazine rings is 1. The van der Waals surface area contributed by atoms with Gasteiger partial charge in [-0.2, -0.15) is 0 Å². The highest BCUT2D eigenvalue weighted by atomic mass is 16.1. The molecule has 0 spiro atoms. The summed E-state index contributed by atoms with van der Waals surface area (Å²) in [6.45, 7) is 7.42. The third kappa shape index (κ3) is 2.99. The second-order valence-corrected chi connectivity index (χ2v) is 3.29. The Kier molecular flexibility index (Phi) is 3.02. The molecule has 0 aromatic rings. The van der Waals surface area contributed by atoms with Gasteiger partial charge in [-0.3, -0.25) is 9.69 Å². The third-order valence-electron chi connectivity index (χ3n) is 1.90. The number of carbonyl (C=O) groups excluding carboxylic acids is 1. The lowest BCUT2D eigenvalue weighted by molar-refractivity contribution is -0.118. The molecule has 0 aromatic carbocycles. The molecule has 0 aliphatic carbocycles. The van der Waals surface area contributed by atoms with E-state index >= 15 is 0 Å². The average Bonchev–Trinajstić information content (AvgIpc) is 1.85. The number of nitrogens with one attached hydrogen (secondary N) is 1. The maximum absolute atomic E-state index is 10.8. The Morgan fingerprint density at radius 3 is 3.00 bits per heavy atom. The van der Waals surface area contributed by atoms with Crippen LogP contribution >= 0.6 is 0 Å². The highest BCUT2D eigenvalue weighted by Crippen LogP contribution is 1.97. The minimum Gasteiger partial charge on any atom is -0.312 e. The lowest BCUT2D eigenvalue weighted by atomic mass is 10.2. The fourth-order valence-corrected chi connectivity index (χ4v) is 1.47. The zero-order valence-corrected chi connectivity index (χ0v) is 7.26. The number of hydrogen-bond acceptors (Lipinski definition) is 3. The van der Waals surface area contributed by atoms with Crippen LogP contribution in [0.5, 0.6) is 0 Å². The molecule has 1 N–H and O–H groups in total. The van der Waals surface area contributed by atoms with Crippen molar-refractivity contribution in [3.8, 4) is 0 Å². The van der Waals surface area contributed by atoms with Crippen LogP contribution in [0.2, 0.25) is 0 Å². The molecule has 11 heavy (non-hydrogen) atoms. The Balaban J connectivity index is 2.28. The van der Waals surface area contributed by atoms with Gasteiger partial charge in [0.1, 0.15) is 5.78 Å². The molecule has 0 aromatic heterocycles. The van der Waals surface area contributed by atoms with Gasteiger partial charge in [0, 0.05) is 25.7 Å². The second kappa shape index (κ2) is 3.83. The van der Waals surface area contributed by atoms with E-state index in [0.29, 0.717) is 12.6 Å². The van der Waals surface area contributed by atoms with E-state index in [4.69, 9.17) is 0 Å². The molecule has 1 saturated heterocycles. The van der Waals surface area contributed by atoms with E-state index in [-0.39, 0.29) is 5.78 Å². The van der Waals surface area contributed by atoms with Crippen molar-refractivity contribution in [1.82, 2.24) is 10.2 Å². The maximum Gasteiger partial charge on any atom is 0.143 e. The summed E-state index contributed by atoms with van der Waals surface area (Å²) in [4.78, 5) is 13.0. The summed E-state index contributed by atoms with van der Waals surface area (Å²) in [6.07, 6.45) is 0. The van der Waals surface area contributed by atoms with Gasteiger partial charge in [-0.05, 0) is 13.8 Å². The summed E-state index contributed by atoms with van der Waals surface area (Å²) >= 11 is 0. The SMILES string of the molecule is CC(=O)CN1CCNC(C)C1. The quantitative estimate of drug-likeness (QED) is 0.604. The highest BCUT2D eigenvalue weighted by Gasteiger charge is 2.15. The monoisotopic (exact) mass is 156 g/mol. The van der Waals surface area contributed by atoms with Gasteiger partial charge in [0.25, 0.3) is 0 Å². The van der Waals surface area contributed by atoms with Crippen molar-refractivity contribution in [3.63, 3.8) is 0 Å². The molecule has 1 rings (SSSR count). The van der Waals surface area contributed by atoms with Gasteiger partial charge in [-0.1, -0.05) is 0 Å². The van der Waals surface area contributed by atoms with Gasteiger partial charge in [0.2, 0.25) is 0 Å². The molecule has 1 fully saturated rings. The fraction of sp³-hybridized carbons (Fsp3) is 0.875. The smallest absolute Gasteiger partial charge is 0.143 e. The summed E-state index contributed by atoms with van der Waals surface area (Å²) < 4.78 is 0. The van der Waals surface area contributed by atoms with E-state index in [2.05, 4.69) is 17.1 Å². The predicted molar refractivity (Wildman–Crippen MR) is 44.6 cm³/mol. The normalized spacial score (nSPS) is 26.9. The number of Topliss-reactive ketones (excluding diaryl/α,β-unsaturated/α-hetero) is 1. The third-order valence-corrected chi connectivity index (χ3v) is 1.90. The lowest BCUT2D eigenvalue weighted by Crippen LogP contribution is -2.50. The topological polar surface area (TPSA) is 32.3 Å². The molecule has 1 heterocycles. The van der Waals surface area contributed by atoms with E-state index in [9.17, 15) is 4.79 Å². The minimum absolute atomic E-state index is 0.263. The van der Waals surface area contributed by atoms with Crippen molar-refractivity contribution in [1.29, 1.82) is 0 Å². The van der Waals surface area contributed by atoms with Crippen molar-refractivity contribution in [2.24, 2.45) is 0 Å². The zero-order chi connectivity index (χ0) is 8.27. The Morgan fingerprint density at radius 2 is 2.45 bits per heavy atom. The molecular weight excluding hydrogens is 140 g/mol. The molecule has 0 radical (unpaired) electrons. The van der Waals surface area contributed by atoms with Crippen LogP contribution < -0.4 is 5.32 Å². The Labute approximate surface area is 67.8 Å². The second-order valence-electron chi connectivity index (χ2n) is 3.29.